The lowest BCUT2D eigenvalue weighted by atomic mass is 10.1. The van der Waals surface area contributed by atoms with E-state index in [2.05, 4.69) is 5.32 Å². The summed E-state index contributed by atoms with van der Waals surface area (Å²) in [7, 11) is -4.25. The van der Waals surface area contributed by atoms with E-state index < -0.39 is 21.0 Å². The van der Waals surface area contributed by atoms with E-state index in [4.69, 9.17) is 0 Å². The number of rotatable bonds is 5. The normalized spacial score (nSPS) is 27.8. The van der Waals surface area contributed by atoms with Crippen molar-refractivity contribution < 1.29 is 12.6 Å². The number of piperidine rings is 1. The molecule has 1 atom stereocenters. The fraction of sp³-hybridized carbons (Fsp3) is 1.00. The molecule has 2 rings (SSSR count). The van der Waals surface area contributed by atoms with E-state index in [9.17, 15) is 12.6 Å². The topological polar surface area (TPSA) is 69.7 Å². The molecule has 118 valence electrons. The molecule has 0 amide bonds. The Balaban J connectivity index is 2.07. The molecule has 1 unspecified atom stereocenters. The van der Waals surface area contributed by atoms with Crippen LogP contribution in [-0.2, 0) is 21.0 Å². The van der Waals surface area contributed by atoms with E-state index >= 15 is 0 Å². The zero-order valence-electron chi connectivity index (χ0n) is 12.1. The van der Waals surface area contributed by atoms with Crippen molar-refractivity contribution in [2.75, 3.05) is 44.2 Å². The van der Waals surface area contributed by atoms with Gasteiger partial charge in [0.1, 0.15) is 0 Å². The van der Waals surface area contributed by atoms with Crippen LogP contribution in [-0.4, -0.2) is 71.5 Å². The van der Waals surface area contributed by atoms with Gasteiger partial charge < -0.3 is 5.32 Å². The first-order valence-electron chi connectivity index (χ1n) is 7.38. The molecular formula is C12H25N3O3S2. The lowest BCUT2D eigenvalue weighted by Gasteiger charge is -2.39. The average Bonchev–Trinajstić information content (AvgIpc) is 2.46. The molecule has 20 heavy (non-hydrogen) atoms. The Bertz CT molecular complexity index is 431. The van der Waals surface area contributed by atoms with Crippen molar-refractivity contribution in [3.8, 4) is 0 Å². The Morgan fingerprint density at radius 1 is 1.20 bits per heavy atom. The van der Waals surface area contributed by atoms with E-state index in [1.807, 2.05) is 6.92 Å². The fourth-order valence-electron chi connectivity index (χ4n) is 2.79. The first-order chi connectivity index (χ1) is 9.55. The Kier molecular flexibility index (Phi) is 5.97. The van der Waals surface area contributed by atoms with Crippen molar-refractivity contribution in [1.82, 2.24) is 13.9 Å². The van der Waals surface area contributed by atoms with Gasteiger partial charge in [-0.25, -0.2) is 0 Å². The summed E-state index contributed by atoms with van der Waals surface area (Å²) in [6, 6.07) is 0.0566. The molecule has 8 heteroatoms. The third kappa shape index (κ3) is 3.79. The van der Waals surface area contributed by atoms with E-state index in [0.29, 0.717) is 31.1 Å². The van der Waals surface area contributed by atoms with Crippen LogP contribution in [0.25, 0.3) is 0 Å². The van der Waals surface area contributed by atoms with Gasteiger partial charge in [-0.2, -0.15) is 17.0 Å². The Labute approximate surface area is 124 Å². The van der Waals surface area contributed by atoms with Gasteiger partial charge in [-0.15, -0.1) is 0 Å². The Morgan fingerprint density at radius 2 is 1.90 bits per heavy atom. The maximum Gasteiger partial charge on any atom is 0.282 e. The SMILES string of the molecule is CCNCC1CCCCN1S(=O)(=O)N1CCS(=O)CC1. The smallest absolute Gasteiger partial charge is 0.282 e. The summed E-state index contributed by atoms with van der Waals surface area (Å²) in [4.78, 5) is 0. The highest BCUT2D eigenvalue weighted by atomic mass is 32.2. The molecule has 0 aromatic carbocycles. The van der Waals surface area contributed by atoms with Gasteiger partial charge in [0.05, 0.1) is 0 Å². The van der Waals surface area contributed by atoms with E-state index in [1.54, 1.807) is 4.31 Å². The third-order valence-corrected chi connectivity index (χ3v) is 7.33. The summed E-state index contributed by atoms with van der Waals surface area (Å²) in [5, 5.41) is 3.26. The highest BCUT2D eigenvalue weighted by Gasteiger charge is 2.37. The number of hydrogen-bond acceptors (Lipinski definition) is 4. The number of hydrogen-bond donors (Lipinski definition) is 1. The predicted octanol–water partition coefficient (Wildman–Crippen LogP) is -0.240. The molecule has 0 aromatic heterocycles. The maximum absolute atomic E-state index is 12.7. The standard InChI is InChI=1S/C12H25N3O3S2/c1-2-13-11-12-5-3-4-6-15(12)20(17,18)14-7-9-19(16)10-8-14/h12-13H,2-11H2,1H3. The van der Waals surface area contributed by atoms with Crippen molar-refractivity contribution in [3.63, 3.8) is 0 Å². The quantitative estimate of drug-likeness (QED) is 0.758. The second kappa shape index (κ2) is 7.31. The number of nitrogens with zero attached hydrogens (tertiary/aromatic N) is 2. The molecule has 0 aliphatic carbocycles. The summed E-state index contributed by atoms with van der Waals surface area (Å²) in [5.41, 5.74) is 0. The molecule has 2 heterocycles. The van der Waals surface area contributed by atoms with Crippen LogP contribution in [0.15, 0.2) is 0 Å². The van der Waals surface area contributed by atoms with Crippen LogP contribution in [0.4, 0.5) is 0 Å². The minimum Gasteiger partial charge on any atom is -0.315 e. The summed E-state index contributed by atoms with van der Waals surface area (Å²) in [5.74, 6) is 0.926. The monoisotopic (exact) mass is 323 g/mol. The molecule has 2 aliphatic heterocycles. The largest absolute Gasteiger partial charge is 0.315 e. The van der Waals surface area contributed by atoms with E-state index in [1.165, 1.54) is 4.31 Å². The molecule has 0 saturated carbocycles. The van der Waals surface area contributed by atoms with Crippen LogP contribution in [0.3, 0.4) is 0 Å². The van der Waals surface area contributed by atoms with Gasteiger partial charge in [0.2, 0.25) is 0 Å². The highest BCUT2D eigenvalue weighted by molar-refractivity contribution is 7.87. The molecule has 6 nitrogen and oxygen atoms in total. The van der Waals surface area contributed by atoms with Crippen molar-refractivity contribution in [2.24, 2.45) is 0 Å². The van der Waals surface area contributed by atoms with Gasteiger partial charge in [-0.3, -0.25) is 4.21 Å². The van der Waals surface area contributed by atoms with Gasteiger partial charge in [-0.1, -0.05) is 13.3 Å². The lowest BCUT2D eigenvalue weighted by molar-refractivity contribution is 0.228. The Hall–Kier alpha value is -0.0200. The second-order valence-corrected chi connectivity index (χ2v) is 8.90. The van der Waals surface area contributed by atoms with Crippen molar-refractivity contribution in [1.29, 1.82) is 0 Å². The van der Waals surface area contributed by atoms with Crippen LogP contribution in [0, 0.1) is 0 Å². The predicted molar refractivity (Wildman–Crippen MR) is 81.3 cm³/mol. The van der Waals surface area contributed by atoms with Crippen LogP contribution < -0.4 is 5.32 Å². The van der Waals surface area contributed by atoms with E-state index in [-0.39, 0.29) is 6.04 Å². The lowest BCUT2D eigenvalue weighted by Crippen LogP contribution is -2.55. The molecule has 2 saturated heterocycles. The highest BCUT2D eigenvalue weighted by Crippen LogP contribution is 2.23. The summed E-state index contributed by atoms with van der Waals surface area (Å²) in [6.45, 7) is 4.99. The first kappa shape index (κ1) is 16.4. The molecule has 0 radical (unpaired) electrons. The molecule has 0 bridgehead atoms. The minimum atomic E-state index is -3.40. The summed E-state index contributed by atoms with van der Waals surface area (Å²) < 4.78 is 40.0. The molecule has 2 fully saturated rings. The third-order valence-electron chi connectivity index (χ3n) is 3.96. The average molecular weight is 323 g/mol. The zero-order valence-corrected chi connectivity index (χ0v) is 13.7. The molecule has 2 aliphatic rings. The van der Waals surface area contributed by atoms with Crippen LogP contribution in [0.1, 0.15) is 26.2 Å². The van der Waals surface area contributed by atoms with Gasteiger partial charge in [-0.05, 0) is 19.4 Å². The van der Waals surface area contributed by atoms with Crippen molar-refractivity contribution in [3.05, 3.63) is 0 Å². The van der Waals surface area contributed by atoms with Gasteiger partial charge in [0.15, 0.2) is 0 Å². The van der Waals surface area contributed by atoms with E-state index in [0.717, 1.165) is 32.4 Å². The summed E-state index contributed by atoms with van der Waals surface area (Å²) >= 11 is 0. The Morgan fingerprint density at radius 3 is 2.55 bits per heavy atom. The second-order valence-electron chi connectivity index (χ2n) is 5.32. The van der Waals surface area contributed by atoms with Gasteiger partial charge in [0.25, 0.3) is 10.2 Å². The zero-order chi connectivity index (χ0) is 14.6. The molecule has 0 spiro atoms. The van der Waals surface area contributed by atoms with Gasteiger partial charge >= 0.3 is 0 Å². The number of nitrogens with one attached hydrogen (secondary N) is 1. The summed E-state index contributed by atoms with van der Waals surface area (Å²) in [6.07, 6.45) is 2.94. The minimum absolute atomic E-state index is 0.0566. The van der Waals surface area contributed by atoms with Crippen LogP contribution in [0.5, 0.6) is 0 Å². The molecular weight excluding hydrogens is 298 g/mol. The van der Waals surface area contributed by atoms with Gasteiger partial charge in [0, 0.05) is 54.5 Å². The molecule has 1 N–H and O–H groups in total. The van der Waals surface area contributed by atoms with Crippen LogP contribution >= 0.6 is 0 Å². The number of likely N-dealkylation sites (N-methyl/N-ethyl adjacent to an activating group) is 1. The van der Waals surface area contributed by atoms with Crippen LogP contribution in [0.2, 0.25) is 0 Å². The van der Waals surface area contributed by atoms with Crippen molar-refractivity contribution >= 4 is 21.0 Å². The molecule has 0 aromatic rings. The fourth-order valence-corrected chi connectivity index (χ4v) is 5.93. The van der Waals surface area contributed by atoms with Crippen molar-refractivity contribution in [2.45, 2.75) is 32.2 Å². The maximum atomic E-state index is 12.7. The first-order valence-corrected chi connectivity index (χ1v) is 10.3.